The van der Waals surface area contributed by atoms with Gasteiger partial charge in [0.1, 0.15) is 0 Å². The van der Waals surface area contributed by atoms with Crippen LogP contribution in [0.25, 0.3) is 33.4 Å². The standard InChI is InChI=1S/C64H55N/c1-63(2)59-41-48(46-33-31-45(32-34-46)44-19-7-3-8-20-44)35-38-55(59)56-39-36-51(42-60(56)63)65(62-30-18-16-27-53(62)47-21-9-4-10-22-47)52-37-40-57-54-28-15-17-29-58(54)64(61(57)43-52,49-23-11-5-12-24-49)50-25-13-6-14-26-50/h3-5,7-13,16-17,19-27,29,31,33,35-43H,6,14-15,18,28,30,32,34H2,1-2H3. The first-order chi connectivity index (χ1) is 32.0. The molecule has 0 aromatic heterocycles. The zero-order chi connectivity index (χ0) is 43.5. The SMILES string of the molecule is CC1(C)c2cc(C3=CC=C(c4ccccc4)CC3)ccc2-c2ccc(N(C3=C(c4ccccc4)C=CCC3)c3ccc4c(c3)C(C3=CCCC=C3)(c3ccccc3)C3=C4CCC=C3)cc21. The van der Waals surface area contributed by atoms with Crippen LogP contribution in [-0.2, 0) is 10.8 Å². The molecule has 0 radical (unpaired) electrons. The van der Waals surface area contributed by atoms with Crippen LogP contribution in [0.5, 0.6) is 0 Å². The summed E-state index contributed by atoms with van der Waals surface area (Å²) in [5, 5.41) is 0. The van der Waals surface area contributed by atoms with Gasteiger partial charge in [0.2, 0.25) is 0 Å². The quantitative estimate of drug-likeness (QED) is 0.148. The van der Waals surface area contributed by atoms with Crippen LogP contribution in [0.4, 0.5) is 11.4 Å². The molecule has 12 rings (SSSR count). The van der Waals surface area contributed by atoms with Gasteiger partial charge in [-0.25, -0.2) is 0 Å². The average molecular weight is 838 g/mol. The predicted molar refractivity (Wildman–Crippen MR) is 275 cm³/mol. The molecule has 1 nitrogen and oxygen atoms in total. The zero-order valence-electron chi connectivity index (χ0n) is 37.7. The summed E-state index contributed by atoms with van der Waals surface area (Å²) in [7, 11) is 0. The number of nitrogens with zero attached hydrogens (tertiary/aromatic N) is 1. The molecule has 0 saturated carbocycles. The van der Waals surface area contributed by atoms with Gasteiger partial charge in [0.05, 0.1) is 5.41 Å². The van der Waals surface area contributed by atoms with E-state index < -0.39 is 5.41 Å². The third kappa shape index (κ3) is 6.42. The lowest BCUT2D eigenvalue weighted by Crippen LogP contribution is -2.31. The Labute approximate surface area is 385 Å². The Morgan fingerprint density at radius 2 is 1.06 bits per heavy atom. The number of hydrogen-bond acceptors (Lipinski definition) is 1. The van der Waals surface area contributed by atoms with Gasteiger partial charge in [-0.1, -0.05) is 184 Å². The van der Waals surface area contributed by atoms with Crippen molar-refractivity contribution in [3.63, 3.8) is 0 Å². The van der Waals surface area contributed by atoms with Crippen molar-refractivity contribution in [2.24, 2.45) is 0 Å². The fourth-order valence-electron chi connectivity index (χ4n) is 12.1. The Kier molecular flexibility index (Phi) is 9.71. The van der Waals surface area contributed by atoms with Gasteiger partial charge < -0.3 is 4.90 Å². The minimum atomic E-state index is -0.392. The average Bonchev–Trinajstić information content (AvgIpc) is 3.80. The molecule has 0 fully saturated rings. The lowest BCUT2D eigenvalue weighted by molar-refractivity contribution is 0.660. The van der Waals surface area contributed by atoms with E-state index in [0.29, 0.717) is 0 Å². The largest absolute Gasteiger partial charge is 0.314 e. The fourth-order valence-corrected chi connectivity index (χ4v) is 12.1. The summed E-state index contributed by atoms with van der Waals surface area (Å²) in [4.78, 5) is 2.63. The van der Waals surface area contributed by atoms with Crippen LogP contribution < -0.4 is 4.90 Å². The summed E-state index contributed by atoms with van der Waals surface area (Å²) in [6.45, 7) is 4.88. The Balaban J connectivity index is 1.02. The minimum Gasteiger partial charge on any atom is -0.314 e. The maximum atomic E-state index is 2.63. The number of fused-ring (bicyclic) bond motifs is 5. The summed E-state index contributed by atoms with van der Waals surface area (Å²) in [6.07, 6.45) is 30.0. The molecule has 6 aliphatic rings. The van der Waals surface area contributed by atoms with Crippen molar-refractivity contribution in [1.82, 2.24) is 0 Å². The lowest BCUT2D eigenvalue weighted by Gasteiger charge is -2.38. The molecule has 65 heavy (non-hydrogen) atoms. The van der Waals surface area contributed by atoms with E-state index in [4.69, 9.17) is 0 Å². The van der Waals surface area contributed by atoms with Crippen LogP contribution in [0.3, 0.4) is 0 Å². The Morgan fingerprint density at radius 1 is 0.462 bits per heavy atom. The lowest BCUT2D eigenvalue weighted by atomic mass is 9.65. The molecule has 0 heterocycles. The molecular formula is C64H55N. The highest BCUT2D eigenvalue weighted by molar-refractivity contribution is 5.93. The first kappa shape index (κ1) is 39.6. The monoisotopic (exact) mass is 837 g/mol. The molecule has 0 amide bonds. The Bertz CT molecular complexity index is 3140. The van der Waals surface area contributed by atoms with Crippen molar-refractivity contribution in [2.45, 2.75) is 76.0 Å². The van der Waals surface area contributed by atoms with Crippen molar-refractivity contribution >= 4 is 33.7 Å². The second-order valence-corrected chi connectivity index (χ2v) is 19.2. The van der Waals surface area contributed by atoms with E-state index in [1.54, 1.807) is 0 Å². The second-order valence-electron chi connectivity index (χ2n) is 19.2. The van der Waals surface area contributed by atoms with Gasteiger partial charge in [-0.2, -0.15) is 0 Å². The van der Waals surface area contributed by atoms with E-state index in [1.165, 1.54) is 106 Å². The van der Waals surface area contributed by atoms with E-state index in [1.807, 2.05) is 0 Å². The molecule has 6 aliphatic carbocycles. The van der Waals surface area contributed by atoms with Gasteiger partial charge in [0, 0.05) is 28.1 Å². The van der Waals surface area contributed by atoms with Crippen LogP contribution in [0.1, 0.15) is 110 Å². The molecule has 0 saturated heterocycles. The van der Waals surface area contributed by atoms with E-state index in [0.717, 1.165) is 51.4 Å². The van der Waals surface area contributed by atoms with Crippen molar-refractivity contribution in [1.29, 1.82) is 0 Å². The van der Waals surface area contributed by atoms with Crippen molar-refractivity contribution in [3.05, 3.63) is 262 Å². The number of hydrogen-bond donors (Lipinski definition) is 0. The smallest absolute Gasteiger partial charge is 0.0707 e. The van der Waals surface area contributed by atoms with E-state index in [2.05, 4.69) is 219 Å². The molecule has 6 aromatic carbocycles. The Morgan fingerprint density at radius 3 is 1.77 bits per heavy atom. The fraction of sp³-hybridized carbons (Fsp3) is 0.188. The van der Waals surface area contributed by atoms with E-state index in [9.17, 15) is 0 Å². The molecule has 1 heteroatoms. The zero-order valence-corrected chi connectivity index (χ0v) is 37.7. The third-order valence-corrected chi connectivity index (χ3v) is 15.3. The number of allylic oxidation sites excluding steroid dienone is 16. The highest BCUT2D eigenvalue weighted by Gasteiger charge is 2.48. The van der Waals surface area contributed by atoms with Crippen molar-refractivity contribution in [3.8, 4) is 11.1 Å². The van der Waals surface area contributed by atoms with Crippen LogP contribution >= 0.6 is 0 Å². The number of rotatable bonds is 8. The van der Waals surface area contributed by atoms with Gasteiger partial charge in [0.25, 0.3) is 0 Å². The summed E-state index contributed by atoms with van der Waals surface area (Å²) in [5.74, 6) is 0. The molecule has 0 N–H and O–H groups in total. The minimum absolute atomic E-state index is 0.179. The molecule has 0 bridgehead atoms. The first-order valence-corrected chi connectivity index (χ1v) is 24.0. The highest BCUT2D eigenvalue weighted by Crippen LogP contribution is 2.59. The second kappa shape index (κ2) is 15.9. The van der Waals surface area contributed by atoms with E-state index >= 15 is 0 Å². The topological polar surface area (TPSA) is 3.24 Å². The molecule has 0 spiro atoms. The van der Waals surface area contributed by atoms with Crippen LogP contribution in [0.2, 0.25) is 0 Å². The van der Waals surface area contributed by atoms with Gasteiger partial charge in [-0.05, 0) is 165 Å². The van der Waals surface area contributed by atoms with Crippen LogP contribution in [0, 0.1) is 0 Å². The first-order valence-electron chi connectivity index (χ1n) is 24.0. The van der Waals surface area contributed by atoms with Gasteiger partial charge in [-0.3, -0.25) is 0 Å². The normalized spacial score (nSPS) is 20.1. The molecule has 1 atom stereocenters. The maximum absolute atomic E-state index is 2.63. The van der Waals surface area contributed by atoms with Gasteiger partial charge in [-0.15, -0.1) is 0 Å². The number of benzene rings is 6. The van der Waals surface area contributed by atoms with E-state index in [-0.39, 0.29) is 5.41 Å². The number of anilines is 2. The Hall–Kier alpha value is -6.96. The molecule has 6 aromatic rings. The summed E-state index contributed by atoms with van der Waals surface area (Å²) >= 11 is 0. The summed E-state index contributed by atoms with van der Waals surface area (Å²) < 4.78 is 0. The van der Waals surface area contributed by atoms with Crippen LogP contribution in [0.15, 0.2) is 217 Å². The summed E-state index contributed by atoms with van der Waals surface area (Å²) in [5.41, 5.74) is 25.3. The summed E-state index contributed by atoms with van der Waals surface area (Å²) in [6, 6.07) is 55.4. The maximum Gasteiger partial charge on any atom is 0.0707 e. The van der Waals surface area contributed by atoms with Crippen molar-refractivity contribution < 1.29 is 0 Å². The van der Waals surface area contributed by atoms with Crippen molar-refractivity contribution in [2.75, 3.05) is 4.90 Å². The molecule has 0 aliphatic heterocycles. The molecule has 316 valence electrons. The van der Waals surface area contributed by atoms with Crippen LogP contribution in [-0.4, -0.2) is 0 Å². The molecular weight excluding hydrogens is 783 g/mol. The molecule has 1 unspecified atom stereocenters. The van der Waals surface area contributed by atoms with Gasteiger partial charge in [0.15, 0.2) is 0 Å². The van der Waals surface area contributed by atoms with Gasteiger partial charge >= 0.3 is 0 Å². The predicted octanol–water partition coefficient (Wildman–Crippen LogP) is 16.8. The highest BCUT2D eigenvalue weighted by atomic mass is 15.2. The third-order valence-electron chi connectivity index (χ3n) is 15.3.